The molecule has 1 aromatic carbocycles. The molecule has 234 valence electrons. The van der Waals surface area contributed by atoms with Gasteiger partial charge in [0, 0.05) is 24.7 Å². The number of aliphatic hydroxyl groups is 3. The number of ether oxygens (including phenoxy) is 5. The lowest BCUT2D eigenvalue weighted by molar-refractivity contribution is -0.331. The van der Waals surface area contributed by atoms with Gasteiger partial charge in [0.15, 0.2) is 11.4 Å². The molecule has 9 atom stereocenters. The Morgan fingerprint density at radius 3 is 2.35 bits per heavy atom. The van der Waals surface area contributed by atoms with Gasteiger partial charge in [0.25, 0.3) is 0 Å². The molecule has 2 saturated heterocycles. The van der Waals surface area contributed by atoms with Crippen LogP contribution in [0.25, 0.3) is 0 Å². The largest absolute Gasteiger partial charge is 0.463 e. The van der Waals surface area contributed by atoms with Crippen LogP contribution in [-0.2, 0) is 33.3 Å². The maximum atomic E-state index is 14.1. The van der Waals surface area contributed by atoms with Gasteiger partial charge in [-0.15, -0.1) is 0 Å². The minimum atomic E-state index is -2.46. The van der Waals surface area contributed by atoms with E-state index in [-0.39, 0.29) is 30.6 Å². The van der Waals surface area contributed by atoms with Crippen molar-refractivity contribution in [1.29, 1.82) is 0 Å². The fraction of sp³-hybridized carbons (Fsp3) is 0.656. The molecule has 0 aromatic heterocycles. The lowest BCUT2D eigenvalue weighted by Gasteiger charge is -2.71. The summed E-state index contributed by atoms with van der Waals surface area (Å²) in [5.41, 5.74) is -7.99. The summed E-state index contributed by atoms with van der Waals surface area (Å²) < 4.78 is 31.1. The zero-order chi connectivity index (χ0) is 31.5. The number of carbonyl (C=O) groups excluding carboxylic acids is 3. The van der Waals surface area contributed by atoms with Gasteiger partial charge in [-0.25, -0.2) is 9.59 Å². The van der Waals surface area contributed by atoms with Crippen LogP contribution < -0.4 is 0 Å². The highest BCUT2D eigenvalue weighted by molar-refractivity contribution is 5.91. The first-order chi connectivity index (χ1) is 19.9. The normalized spacial score (nSPS) is 43.7. The molecule has 2 bridgehead atoms. The summed E-state index contributed by atoms with van der Waals surface area (Å²) >= 11 is 0. The lowest BCUT2D eigenvalue weighted by atomic mass is 9.38. The van der Waals surface area contributed by atoms with E-state index in [1.165, 1.54) is 6.92 Å². The highest BCUT2D eigenvalue weighted by Gasteiger charge is 2.87. The number of carbonyl (C=O) groups is 3. The van der Waals surface area contributed by atoms with Crippen LogP contribution in [0.3, 0.4) is 0 Å². The smallest absolute Gasteiger partial charge is 0.343 e. The molecule has 0 unspecified atom stereocenters. The fourth-order valence-electron chi connectivity index (χ4n) is 9.16. The monoisotopic (exact) mass is 600 g/mol. The van der Waals surface area contributed by atoms with Gasteiger partial charge < -0.3 is 39.0 Å². The Balaban J connectivity index is 1.69. The molecular weight excluding hydrogens is 560 g/mol. The van der Waals surface area contributed by atoms with Crippen LogP contribution >= 0.6 is 0 Å². The van der Waals surface area contributed by atoms with E-state index in [9.17, 15) is 29.7 Å². The van der Waals surface area contributed by atoms with Crippen LogP contribution in [0.4, 0.5) is 0 Å². The molecule has 4 fully saturated rings. The number of hydrogen-bond donors (Lipinski definition) is 3. The summed E-state index contributed by atoms with van der Waals surface area (Å²) in [6.45, 7) is 10.7. The van der Waals surface area contributed by atoms with E-state index in [0.29, 0.717) is 5.57 Å². The highest BCUT2D eigenvalue weighted by atomic mass is 16.8. The predicted octanol–water partition coefficient (Wildman–Crippen LogP) is 2.20. The van der Waals surface area contributed by atoms with E-state index in [2.05, 4.69) is 0 Å². The summed E-state index contributed by atoms with van der Waals surface area (Å²) in [5.74, 6) is -4.73. The zero-order valence-electron chi connectivity index (χ0n) is 25.5. The molecule has 5 aliphatic rings. The van der Waals surface area contributed by atoms with Crippen molar-refractivity contribution in [1.82, 2.24) is 0 Å². The molecule has 6 rings (SSSR count). The summed E-state index contributed by atoms with van der Waals surface area (Å²) in [6.07, 6.45) is -4.82. The standard InChI is InChI=1S/C32H40O11/c1-16-19(34)14-30-22(16)32(38,26(37)42-27(30,3)4)29(7)20(35)13-21-31(15-39-17(2)33,43-28(5,6)41-21)23(29)24(30)40-25(36)18-11-9-8-10-12-18/h8-12,19-21,23-24,34-35,38H,13-15H2,1-7H3/t19-,20-,21-,23-,24-,29+,30-,31-,32+/m0/s1. The zero-order valence-corrected chi connectivity index (χ0v) is 25.5. The van der Waals surface area contributed by atoms with E-state index in [4.69, 9.17) is 23.7 Å². The first-order valence-electron chi connectivity index (χ1n) is 14.7. The Hall–Kier alpha value is -2.83. The first kappa shape index (κ1) is 30.2. The highest BCUT2D eigenvalue weighted by Crippen LogP contribution is 2.75. The SMILES string of the molecule is CC(=O)OC[C@]12OC(C)(C)O[C@H]1C[C@H](O)[C@]1(C)[C@@H]2[C@H](OC(=O)c2ccccc2)[C@]23C[C@H](O)C(C)=C2[C@@]1(O)C(=O)OC3(C)C. The molecule has 43 heavy (non-hydrogen) atoms. The second-order valence-corrected chi connectivity index (χ2v) is 13.9. The number of fused-ring (bicyclic) bond motifs is 4. The van der Waals surface area contributed by atoms with Crippen LogP contribution in [0.5, 0.6) is 0 Å². The fourth-order valence-corrected chi connectivity index (χ4v) is 9.16. The molecule has 11 nitrogen and oxygen atoms in total. The van der Waals surface area contributed by atoms with Gasteiger partial charge in [0.2, 0.25) is 0 Å². The van der Waals surface area contributed by atoms with E-state index in [1.54, 1.807) is 71.9 Å². The van der Waals surface area contributed by atoms with Crippen molar-refractivity contribution < 1.29 is 53.4 Å². The topological polar surface area (TPSA) is 158 Å². The average Bonchev–Trinajstić information content (AvgIpc) is 3.35. The number of esters is 3. The van der Waals surface area contributed by atoms with E-state index < -0.39 is 81.7 Å². The Labute approximate surface area is 250 Å². The molecule has 0 spiro atoms. The molecule has 3 aliphatic carbocycles. The molecular formula is C32H40O11. The minimum Gasteiger partial charge on any atom is -0.463 e. The van der Waals surface area contributed by atoms with Crippen LogP contribution in [0.1, 0.15) is 71.7 Å². The third-order valence-electron chi connectivity index (χ3n) is 11.0. The van der Waals surface area contributed by atoms with Crippen molar-refractivity contribution in [3.05, 3.63) is 47.0 Å². The molecule has 11 heteroatoms. The maximum absolute atomic E-state index is 14.1. The summed E-state index contributed by atoms with van der Waals surface area (Å²) in [7, 11) is 0. The number of rotatable bonds is 4. The van der Waals surface area contributed by atoms with Gasteiger partial charge in [0.1, 0.15) is 23.9 Å². The Kier molecular flexibility index (Phi) is 6.40. The van der Waals surface area contributed by atoms with E-state index in [1.807, 2.05) is 0 Å². The van der Waals surface area contributed by atoms with Crippen LogP contribution in [0.2, 0.25) is 0 Å². The second-order valence-electron chi connectivity index (χ2n) is 13.9. The number of benzene rings is 1. The van der Waals surface area contributed by atoms with E-state index in [0.717, 1.165) is 0 Å². The van der Waals surface area contributed by atoms with Crippen molar-refractivity contribution in [2.75, 3.05) is 6.61 Å². The predicted molar refractivity (Wildman–Crippen MR) is 148 cm³/mol. The van der Waals surface area contributed by atoms with Crippen molar-refractivity contribution in [2.24, 2.45) is 16.7 Å². The van der Waals surface area contributed by atoms with Gasteiger partial charge in [-0.2, -0.15) is 0 Å². The summed E-state index contributed by atoms with van der Waals surface area (Å²) in [4.78, 5) is 40.3. The van der Waals surface area contributed by atoms with Crippen molar-refractivity contribution in [3.63, 3.8) is 0 Å². The molecule has 1 aromatic rings. The van der Waals surface area contributed by atoms with Gasteiger partial charge >= 0.3 is 17.9 Å². The van der Waals surface area contributed by atoms with Gasteiger partial charge in [-0.3, -0.25) is 4.79 Å². The summed E-state index contributed by atoms with van der Waals surface area (Å²) in [6, 6.07) is 8.34. The molecule has 0 amide bonds. The third-order valence-corrected chi connectivity index (χ3v) is 11.0. The maximum Gasteiger partial charge on any atom is 0.343 e. The summed E-state index contributed by atoms with van der Waals surface area (Å²) in [5, 5.41) is 36.2. The van der Waals surface area contributed by atoms with Crippen molar-refractivity contribution in [2.45, 2.75) is 108 Å². The van der Waals surface area contributed by atoms with Crippen LogP contribution in [0, 0.1) is 16.7 Å². The second kappa shape index (κ2) is 9.10. The molecule has 2 aliphatic heterocycles. The van der Waals surface area contributed by atoms with E-state index >= 15 is 0 Å². The van der Waals surface area contributed by atoms with Crippen LogP contribution in [-0.4, -0.2) is 86.8 Å². The quantitative estimate of drug-likeness (QED) is 0.264. The third kappa shape index (κ3) is 3.63. The molecule has 2 heterocycles. The number of hydrogen-bond acceptors (Lipinski definition) is 11. The van der Waals surface area contributed by atoms with Gasteiger partial charge in [0.05, 0.1) is 29.3 Å². The van der Waals surface area contributed by atoms with Gasteiger partial charge in [-0.05, 0) is 64.3 Å². The Morgan fingerprint density at radius 2 is 1.72 bits per heavy atom. The average molecular weight is 601 g/mol. The molecule has 0 radical (unpaired) electrons. The Bertz CT molecular complexity index is 1420. The Morgan fingerprint density at radius 1 is 1.07 bits per heavy atom. The lowest BCUT2D eigenvalue weighted by Crippen LogP contribution is -2.85. The number of cyclic esters (lactones) is 1. The first-order valence-corrected chi connectivity index (χ1v) is 14.7. The molecule has 3 N–H and O–H groups in total. The molecule has 2 saturated carbocycles. The van der Waals surface area contributed by atoms with Crippen LogP contribution in [0.15, 0.2) is 41.5 Å². The van der Waals surface area contributed by atoms with Crippen molar-refractivity contribution in [3.8, 4) is 0 Å². The van der Waals surface area contributed by atoms with Crippen molar-refractivity contribution >= 4 is 17.9 Å². The number of aliphatic hydroxyl groups excluding tert-OH is 2. The minimum absolute atomic E-state index is 0.0509. The van der Waals surface area contributed by atoms with Gasteiger partial charge in [-0.1, -0.05) is 25.1 Å².